The molecule has 5 nitrogen and oxygen atoms in total. The van der Waals surface area contributed by atoms with E-state index in [0.717, 1.165) is 5.56 Å². The second-order valence-electron chi connectivity index (χ2n) is 4.54. The zero-order valence-corrected chi connectivity index (χ0v) is 12.1. The maximum absolute atomic E-state index is 10.8. The summed E-state index contributed by atoms with van der Waals surface area (Å²) in [5.41, 5.74) is 1.56. The summed E-state index contributed by atoms with van der Waals surface area (Å²) in [4.78, 5) is 10.3. The average molecular weight is 304 g/mol. The lowest BCUT2D eigenvalue weighted by Gasteiger charge is -2.03. The van der Waals surface area contributed by atoms with E-state index in [2.05, 4.69) is 12.0 Å². The highest BCUT2D eigenvalue weighted by Crippen LogP contribution is 2.23. The van der Waals surface area contributed by atoms with Gasteiger partial charge in [0, 0.05) is 12.1 Å². The SMILES string of the molecule is C#CCOc1ccc(C=C(C#N)c2cccc([N+](=O)[O-])c2)cc1. The molecule has 2 aromatic rings. The fraction of sp³-hybridized carbons (Fsp3) is 0.0556. The van der Waals surface area contributed by atoms with Crippen molar-refractivity contribution < 1.29 is 9.66 Å². The summed E-state index contributed by atoms with van der Waals surface area (Å²) in [5.74, 6) is 3.01. The van der Waals surface area contributed by atoms with E-state index in [4.69, 9.17) is 11.2 Å². The normalized spacial score (nSPS) is 10.4. The van der Waals surface area contributed by atoms with Gasteiger partial charge in [0.1, 0.15) is 12.4 Å². The molecule has 2 rings (SSSR count). The van der Waals surface area contributed by atoms with Crippen LogP contribution >= 0.6 is 0 Å². The fourth-order valence-corrected chi connectivity index (χ4v) is 1.92. The van der Waals surface area contributed by atoms with Crippen molar-refractivity contribution in [2.24, 2.45) is 0 Å². The monoisotopic (exact) mass is 304 g/mol. The van der Waals surface area contributed by atoms with E-state index in [0.29, 0.717) is 16.9 Å². The minimum Gasteiger partial charge on any atom is -0.481 e. The fourth-order valence-electron chi connectivity index (χ4n) is 1.92. The lowest BCUT2D eigenvalue weighted by Crippen LogP contribution is -1.92. The molecule has 0 radical (unpaired) electrons. The molecule has 0 saturated carbocycles. The molecule has 0 heterocycles. The molecule has 0 saturated heterocycles. The van der Waals surface area contributed by atoms with Gasteiger partial charge in [-0.3, -0.25) is 10.1 Å². The zero-order chi connectivity index (χ0) is 16.7. The van der Waals surface area contributed by atoms with E-state index in [-0.39, 0.29) is 12.3 Å². The molecule has 2 aromatic carbocycles. The van der Waals surface area contributed by atoms with Gasteiger partial charge in [-0.1, -0.05) is 30.2 Å². The minimum atomic E-state index is -0.490. The van der Waals surface area contributed by atoms with Gasteiger partial charge in [-0.25, -0.2) is 0 Å². The molecular weight excluding hydrogens is 292 g/mol. The first-order valence-corrected chi connectivity index (χ1v) is 6.67. The van der Waals surface area contributed by atoms with Crippen LogP contribution < -0.4 is 4.74 Å². The van der Waals surface area contributed by atoms with E-state index < -0.39 is 4.92 Å². The molecule has 0 N–H and O–H groups in total. The quantitative estimate of drug-likeness (QED) is 0.278. The van der Waals surface area contributed by atoms with Crippen molar-refractivity contribution in [1.82, 2.24) is 0 Å². The Morgan fingerprint density at radius 2 is 2.04 bits per heavy atom. The van der Waals surface area contributed by atoms with Crippen LogP contribution in [0.15, 0.2) is 48.5 Å². The second kappa shape index (κ2) is 7.44. The summed E-state index contributed by atoms with van der Waals surface area (Å²) < 4.78 is 5.27. The second-order valence-corrected chi connectivity index (χ2v) is 4.54. The molecule has 0 fully saturated rings. The number of nitriles is 1. The molecule has 0 aliphatic heterocycles. The van der Waals surface area contributed by atoms with Gasteiger partial charge in [0.05, 0.1) is 16.6 Å². The zero-order valence-electron chi connectivity index (χ0n) is 12.1. The van der Waals surface area contributed by atoms with Crippen LogP contribution in [0.2, 0.25) is 0 Å². The summed E-state index contributed by atoms with van der Waals surface area (Å²) in [7, 11) is 0. The van der Waals surface area contributed by atoms with Gasteiger partial charge in [0.15, 0.2) is 0 Å². The first-order chi connectivity index (χ1) is 11.1. The molecule has 0 aliphatic carbocycles. The number of terminal acetylenes is 1. The summed E-state index contributed by atoms with van der Waals surface area (Å²) in [6.45, 7) is 0.187. The van der Waals surface area contributed by atoms with Crippen LogP contribution in [0.25, 0.3) is 11.6 Å². The number of nitro groups is 1. The third-order valence-electron chi connectivity index (χ3n) is 3.00. The number of ether oxygens (including phenoxy) is 1. The largest absolute Gasteiger partial charge is 0.481 e. The van der Waals surface area contributed by atoms with Crippen molar-refractivity contribution in [2.45, 2.75) is 0 Å². The van der Waals surface area contributed by atoms with Gasteiger partial charge in [-0.05, 0) is 29.3 Å². The predicted molar refractivity (Wildman–Crippen MR) is 87.4 cm³/mol. The summed E-state index contributed by atoms with van der Waals surface area (Å²) in [6, 6.07) is 15.1. The van der Waals surface area contributed by atoms with Gasteiger partial charge >= 0.3 is 0 Å². The molecule has 0 aliphatic rings. The lowest BCUT2D eigenvalue weighted by molar-refractivity contribution is -0.384. The van der Waals surface area contributed by atoms with Gasteiger partial charge in [-0.2, -0.15) is 5.26 Å². The Balaban J connectivity index is 2.29. The third kappa shape index (κ3) is 4.20. The van der Waals surface area contributed by atoms with Crippen LogP contribution in [0, 0.1) is 33.8 Å². The molecule has 5 heteroatoms. The summed E-state index contributed by atoms with van der Waals surface area (Å²) in [6.07, 6.45) is 6.78. The van der Waals surface area contributed by atoms with Gasteiger partial charge in [-0.15, -0.1) is 6.42 Å². The number of nitrogens with zero attached hydrogens (tertiary/aromatic N) is 2. The Morgan fingerprint density at radius 3 is 2.65 bits per heavy atom. The van der Waals surface area contributed by atoms with E-state index in [1.807, 2.05) is 0 Å². The van der Waals surface area contributed by atoms with Gasteiger partial charge in [0.25, 0.3) is 5.69 Å². The molecule has 0 bridgehead atoms. The van der Waals surface area contributed by atoms with Crippen molar-refractivity contribution in [3.05, 3.63) is 69.8 Å². The predicted octanol–water partition coefficient (Wildman–Crippen LogP) is 3.67. The lowest BCUT2D eigenvalue weighted by atomic mass is 10.0. The highest BCUT2D eigenvalue weighted by molar-refractivity contribution is 5.90. The van der Waals surface area contributed by atoms with Crippen molar-refractivity contribution in [3.8, 4) is 24.2 Å². The Kier molecular flexibility index (Phi) is 5.12. The highest BCUT2D eigenvalue weighted by Gasteiger charge is 2.08. The average Bonchev–Trinajstić information content (AvgIpc) is 2.59. The smallest absolute Gasteiger partial charge is 0.270 e. The first-order valence-electron chi connectivity index (χ1n) is 6.67. The molecule has 0 unspecified atom stereocenters. The van der Waals surface area contributed by atoms with E-state index in [1.54, 1.807) is 42.5 Å². The maximum Gasteiger partial charge on any atom is 0.270 e. The molecule has 23 heavy (non-hydrogen) atoms. The Hall–Kier alpha value is -3.57. The number of nitro benzene ring substituents is 1. The third-order valence-corrected chi connectivity index (χ3v) is 3.00. The first kappa shape index (κ1) is 15.8. The molecular formula is C18H12N2O3. The Morgan fingerprint density at radius 1 is 1.30 bits per heavy atom. The molecule has 0 atom stereocenters. The van der Waals surface area contributed by atoms with Crippen LogP contribution in [0.1, 0.15) is 11.1 Å². The van der Waals surface area contributed by atoms with Crippen LogP contribution in [0.5, 0.6) is 5.75 Å². The van der Waals surface area contributed by atoms with E-state index in [1.165, 1.54) is 12.1 Å². The summed E-state index contributed by atoms with van der Waals surface area (Å²) >= 11 is 0. The number of hydrogen-bond donors (Lipinski definition) is 0. The van der Waals surface area contributed by atoms with Crippen LogP contribution in [-0.4, -0.2) is 11.5 Å². The molecule has 0 spiro atoms. The molecule has 112 valence electrons. The van der Waals surface area contributed by atoms with Crippen LogP contribution in [-0.2, 0) is 0 Å². The number of allylic oxidation sites excluding steroid dienone is 1. The number of rotatable bonds is 5. The topological polar surface area (TPSA) is 76.2 Å². The van der Waals surface area contributed by atoms with Crippen LogP contribution in [0.4, 0.5) is 5.69 Å². The highest BCUT2D eigenvalue weighted by atomic mass is 16.6. The van der Waals surface area contributed by atoms with Gasteiger partial charge < -0.3 is 4.74 Å². The number of hydrogen-bond acceptors (Lipinski definition) is 4. The Bertz CT molecular complexity index is 825. The molecule has 0 amide bonds. The standard InChI is InChI=1S/C18H12N2O3/c1-2-10-23-18-8-6-14(7-9-18)11-16(13-19)15-4-3-5-17(12-15)20(21)22/h1,3-9,11-12H,10H2. The van der Waals surface area contributed by atoms with Crippen LogP contribution in [0.3, 0.4) is 0 Å². The van der Waals surface area contributed by atoms with E-state index >= 15 is 0 Å². The summed E-state index contributed by atoms with van der Waals surface area (Å²) in [5, 5.41) is 20.1. The van der Waals surface area contributed by atoms with Crippen molar-refractivity contribution >= 4 is 17.3 Å². The van der Waals surface area contributed by atoms with Gasteiger partial charge in [0.2, 0.25) is 0 Å². The van der Waals surface area contributed by atoms with E-state index in [9.17, 15) is 15.4 Å². The van der Waals surface area contributed by atoms with Crippen molar-refractivity contribution in [1.29, 1.82) is 5.26 Å². The maximum atomic E-state index is 10.8. The molecule has 0 aromatic heterocycles. The van der Waals surface area contributed by atoms with Crippen molar-refractivity contribution in [3.63, 3.8) is 0 Å². The number of non-ortho nitro benzene ring substituents is 1. The number of benzene rings is 2. The minimum absolute atomic E-state index is 0.0540. The van der Waals surface area contributed by atoms with Crippen molar-refractivity contribution in [2.75, 3.05) is 6.61 Å². The Labute approximate surface area is 133 Å².